The molecule has 0 spiro atoms. The van der Waals surface area contributed by atoms with Crippen LogP contribution < -0.4 is 0 Å². The van der Waals surface area contributed by atoms with Gasteiger partial charge in [-0.2, -0.15) is 0 Å². The van der Waals surface area contributed by atoms with Gasteiger partial charge >= 0.3 is 0 Å². The van der Waals surface area contributed by atoms with Crippen LogP contribution in [0, 0.1) is 0 Å². The molecule has 3 nitrogen and oxygen atoms in total. The van der Waals surface area contributed by atoms with Crippen LogP contribution in [-0.4, -0.2) is 18.7 Å². The molecule has 1 aromatic heterocycles. The summed E-state index contributed by atoms with van der Waals surface area (Å²) in [6.45, 7) is 4.19. The third-order valence-corrected chi connectivity index (χ3v) is 5.98. The lowest BCUT2D eigenvalue weighted by atomic mass is 9.97. The Balaban J connectivity index is 2.15. The zero-order chi connectivity index (χ0) is 15.0. The van der Waals surface area contributed by atoms with E-state index in [1.54, 1.807) is 6.07 Å². The Morgan fingerprint density at radius 1 is 1.05 bits per heavy atom. The van der Waals surface area contributed by atoms with Crippen LogP contribution in [0.1, 0.15) is 38.2 Å². The van der Waals surface area contributed by atoms with Gasteiger partial charge in [-0.05, 0) is 30.4 Å². The lowest BCUT2D eigenvalue weighted by molar-refractivity contribution is 0.591. The van der Waals surface area contributed by atoms with Gasteiger partial charge in [0.1, 0.15) is 0 Å². The van der Waals surface area contributed by atoms with Gasteiger partial charge in [0.15, 0.2) is 14.9 Å². The second-order valence-electron chi connectivity index (χ2n) is 5.85. The van der Waals surface area contributed by atoms with Gasteiger partial charge in [0, 0.05) is 5.56 Å². The van der Waals surface area contributed by atoms with E-state index >= 15 is 0 Å². The largest absolute Gasteiger partial charge is 0.236 e. The number of hydrogen-bond donors (Lipinski definition) is 0. The van der Waals surface area contributed by atoms with Crippen molar-refractivity contribution >= 4 is 9.84 Å². The summed E-state index contributed by atoms with van der Waals surface area (Å²) in [6, 6.07) is 13.4. The summed E-state index contributed by atoms with van der Waals surface area (Å²) in [5.74, 6) is 0.297. The van der Waals surface area contributed by atoms with E-state index < -0.39 is 9.84 Å². The van der Waals surface area contributed by atoms with Crippen LogP contribution in [0.25, 0.3) is 11.3 Å². The van der Waals surface area contributed by atoms with Crippen molar-refractivity contribution in [3.63, 3.8) is 0 Å². The fourth-order valence-electron chi connectivity index (χ4n) is 2.45. The molecule has 1 aliphatic carbocycles. The fraction of sp³-hybridized carbons (Fsp3) is 0.353. The molecule has 1 aliphatic rings. The van der Waals surface area contributed by atoms with Crippen molar-refractivity contribution in [2.75, 3.05) is 0 Å². The Kier molecular flexibility index (Phi) is 3.57. The minimum absolute atomic E-state index is 0.216. The highest BCUT2D eigenvalue weighted by Crippen LogP contribution is 2.35. The summed E-state index contributed by atoms with van der Waals surface area (Å²) in [7, 11) is -3.25. The number of hydrogen-bond acceptors (Lipinski definition) is 3. The highest BCUT2D eigenvalue weighted by molar-refractivity contribution is 7.92. The van der Waals surface area contributed by atoms with Gasteiger partial charge in [0.05, 0.1) is 10.9 Å². The van der Waals surface area contributed by atoms with Crippen molar-refractivity contribution in [3.05, 3.63) is 48.0 Å². The van der Waals surface area contributed by atoms with Crippen molar-refractivity contribution < 1.29 is 8.42 Å². The van der Waals surface area contributed by atoms with Crippen molar-refractivity contribution in [1.82, 2.24) is 4.98 Å². The molecule has 21 heavy (non-hydrogen) atoms. The van der Waals surface area contributed by atoms with Crippen LogP contribution in [0.5, 0.6) is 0 Å². The molecule has 0 atom stereocenters. The standard InChI is InChI=1S/C17H19NO2S/c1-12(2)15-10-11-16(21(19,20)14-8-9-14)18-17(15)13-6-4-3-5-7-13/h3-7,10-12,14H,8-9H2,1-2H3. The van der Waals surface area contributed by atoms with Gasteiger partial charge in [-0.1, -0.05) is 50.2 Å². The molecule has 3 rings (SSSR count). The first kappa shape index (κ1) is 14.3. The summed E-state index contributed by atoms with van der Waals surface area (Å²) in [6.07, 6.45) is 1.52. The van der Waals surface area contributed by atoms with Crippen LogP contribution in [0.2, 0.25) is 0 Å². The number of nitrogens with zero attached hydrogens (tertiary/aromatic N) is 1. The zero-order valence-electron chi connectivity index (χ0n) is 12.3. The maximum Gasteiger partial charge on any atom is 0.198 e. The van der Waals surface area contributed by atoms with Crippen LogP contribution in [0.3, 0.4) is 0 Å². The van der Waals surface area contributed by atoms with Gasteiger partial charge in [0.2, 0.25) is 0 Å². The maximum absolute atomic E-state index is 12.4. The topological polar surface area (TPSA) is 47.0 Å². The van der Waals surface area contributed by atoms with Gasteiger partial charge in [-0.25, -0.2) is 13.4 Å². The minimum Gasteiger partial charge on any atom is -0.236 e. The predicted molar refractivity (Wildman–Crippen MR) is 84.0 cm³/mol. The molecule has 0 saturated heterocycles. The lowest BCUT2D eigenvalue weighted by Crippen LogP contribution is -2.10. The number of sulfone groups is 1. The van der Waals surface area contributed by atoms with E-state index in [4.69, 9.17) is 0 Å². The van der Waals surface area contributed by atoms with Crippen molar-refractivity contribution in [1.29, 1.82) is 0 Å². The summed E-state index contributed by atoms with van der Waals surface area (Å²) in [5.41, 5.74) is 2.83. The number of aromatic nitrogens is 1. The van der Waals surface area contributed by atoms with E-state index in [-0.39, 0.29) is 10.3 Å². The highest BCUT2D eigenvalue weighted by Gasteiger charge is 2.38. The third kappa shape index (κ3) is 2.72. The summed E-state index contributed by atoms with van der Waals surface area (Å²) in [5, 5.41) is -0.00761. The van der Waals surface area contributed by atoms with Crippen molar-refractivity contribution in [2.24, 2.45) is 0 Å². The van der Waals surface area contributed by atoms with Crippen LogP contribution >= 0.6 is 0 Å². The molecule has 0 amide bonds. The normalized spacial score (nSPS) is 15.4. The second kappa shape index (κ2) is 5.26. The molecular weight excluding hydrogens is 282 g/mol. The predicted octanol–water partition coefficient (Wildman–Crippen LogP) is 3.81. The summed E-state index contributed by atoms with van der Waals surface area (Å²) < 4.78 is 24.8. The van der Waals surface area contributed by atoms with E-state index in [2.05, 4.69) is 18.8 Å². The first-order valence-corrected chi connectivity index (χ1v) is 8.85. The van der Waals surface area contributed by atoms with Crippen LogP contribution in [0.4, 0.5) is 0 Å². The molecule has 0 N–H and O–H groups in total. The fourth-order valence-corrected chi connectivity index (χ4v) is 4.03. The SMILES string of the molecule is CC(C)c1ccc(S(=O)(=O)C2CC2)nc1-c1ccccc1. The van der Waals surface area contributed by atoms with E-state index in [1.165, 1.54) is 0 Å². The zero-order valence-corrected chi connectivity index (χ0v) is 13.1. The Hall–Kier alpha value is -1.68. The van der Waals surface area contributed by atoms with E-state index in [0.717, 1.165) is 29.7 Å². The summed E-state index contributed by atoms with van der Waals surface area (Å²) in [4.78, 5) is 4.51. The molecule has 110 valence electrons. The highest BCUT2D eigenvalue weighted by atomic mass is 32.2. The number of pyridine rings is 1. The molecular formula is C17H19NO2S. The van der Waals surface area contributed by atoms with Gasteiger partial charge < -0.3 is 0 Å². The minimum atomic E-state index is -3.25. The van der Waals surface area contributed by atoms with Gasteiger partial charge in [-0.15, -0.1) is 0 Å². The number of benzene rings is 1. The Morgan fingerprint density at radius 3 is 2.29 bits per heavy atom. The first-order chi connectivity index (χ1) is 10.00. The molecule has 1 heterocycles. The Morgan fingerprint density at radius 2 is 1.71 bits per heavy atom. The van der Waals surface area contributed by atoms with Crippen molar-refractivity contribution in [2.45, 2.75) is 42.9 Å². The van der Waals surface area contributed by atoms with Gasteiger partial charge in [-0.3, -0.25) is 0 Å². The van der Waals surface area contributed by atoms with Crippen LogP contribution in [-0.2, 0) is 9.84 Å². The molecule has 4 heteroatoms. The Labute approximate surface area is 126 Å². The lowest BCUT2D eigenvalue weighted by Gasteiger charge is -2.14. The van der Waals surface area contributed by atoms with Crippen molar-refractivity contribution in [3.8, 4) is 11.3 Å². The van der Waals surface area contributed by atoms with E-state index in [1.807, 2.05) is 36.4 Å². The quantitative estimate of drug-likeness (QED) is 0.862. The second-order valence-corrected chi connectivity index (χ2v) is 8.03. The monoisotopic (exact) mass is 301 g/mol. The molecule has 0 bridgehead atoms. The molecule has 2 aromatic rings. The van der Waals surface area contributed by atoms with Crippen LogP contribution in [0.15, 0.2) is 47.5 Å². The molecule has 0 radical (unpaired) electrons. The summed E-state index contributed by atoms with van der Waals surface area (Å²) >= 11 is 0. The average Bonchev–Trinajstić information content (AvgIpc) is 3.32. The molecule has 0 unspecified atom stereocenters. The third-order valence-electron chi connectivity index (χ3n) is 3.82. The molecule has 0 aliphatic heterocycles. The first-order valence-electron chi connectivity index (χ1n) is 7.30. The number of rotatable bonds is 4. The Bertz CT molecular complexity index is 748. The van der Waals surface area contributed by atoms with Gasteiger partial charge in [0.25, 0.3) is 0 Å². The maximum atomic E-state index is 12.4. The van der Waals surface area contributed by atoms with E-state index in [0.29, 0.717) is 5.92 Å². The molecule has 1 aromatic carbocycles. The molecule has 1 saturated carbocycles. The van der Waals surface area contributed by atoms with E-state index in [9.17, 15) is 8.42 Å². The molecule has 1 fully saturated rings. The smallest absolute Gasteiger partial charge is 0.198 e. The average molecular weight is 301 g/mol.